The van der Waals surface area contributed by atoms with Gasteiger partial charge in [0, 0.05) is 58.3 Å². The van der Waals surface area contributed by atoms with Gasteiger partial charge in [0.15, 0.2) is 0 Å². The summed E-state index contributed by atoms with van der Waals surface area (Å²) in [6.45, 7) is 8.37. The molecule has 1 aliphatic rings. The predicted octanol–water partition coefficient (Wildman–Crippen LogP) is 5.29. The van der Waals surface area contributed by atoms with E-state index in [1.165, 1.54) is 11.3 Å². The quantitative estimate of drug-likeness (QED) is 0.228. The first kappa shape index (κ1) is 27.2. The van der Waals surface area contributed by atoms with E-state index in [9.17, 15) is 13.2 Å². The van der Waals surface area contributed by atoms with Crippen molar-refractivity contribution in [2.75, 3.05) is 47.4 Å². The Morgan fingerprint density at radius 1 is 0.923 bits per heavy atom. The van der Waals surface area contributed by atoms with Gasteiger partial charge < -0.3 is 20.5 Å². The number of nitrogens with one attached hydrogen (secondary N) is 4. The van der Waals surface area contributed by atoms with Gasteiger partial charge in [-0.3, -0.25) is 9.52 Å². The Bertz CT molecular complexity index is 1620. The summed E-state index contributed by atoms with van der Waals surface area (Å²) >= 11 is 3.62. The fourth-order valence-corrected chi connectivity index (χ4v) is 5.98. The number of sulfonamides is 1. The molecule has 1 fully saturated rings. The van der Waals surface area contributed by atoms with E-state index in [4.69, 9.17) is 0 Å². The van der Waals surface area contributed by atoms with Crippen molar-refractivity contribution in [3.8, 4) is 0 Å². The summed E-state index contributed by atoms with van der Waals surface area (Å²) in [6.07, 6.45) is 1.10. The van der Waals surface area contributed by atoms with Crippen LogP contribution in [0.25, 0.3) is 10.9 Å². The third-order valence-corrected chi connectivity index (χ3v) is 8.18. The number of rotatable bonds is 7. The van der Waals surface area contributed by atoms with Crippen molar-refractivity contribution >= 4 is 59.8 Å². The zero-order valence-corrected chi connectivity index (χ0v) is 24.5. The van der Waals surface area contributed by atoms with E-state index in [1.807, 2.05) is 12.1 Å². The van der Waals surface area contributed by atoms with E-state index in [0.717, 1.165) is 47.9 Å². The van der Waals surface area contributed by atoms with Crippen LogP contribution in [0.2, 0.25) is 0 Å². The molecule has 4 aromatic rings. The van der Waals surface area contributed by atoms with Gasteiger partial charge in [-0.2, -0.15) is 0 Å². The molecule has 0 bridgehead atoms. The Morgan fingerprint density at radius 2 is 1.64 bits per heavy atom. The van der Waals surface area contributed by atoms with Crippen molar-refractivity contribution in [1.29, 1.82) is 0 Å². The molecule has 10 heteroatoms. The summed E-state index contributed by atoms with van der Waals surface area (Å²) in [5.74, 6) is -0.286. The molecule has 2 heterocycles. The van der Waals surface area contributed by atoms with Crippen molar-refractivity contribution in [3.05, 3.63) is 88.0 Å². The van der Waals surface area contributed by atoms with Gasteiger partial charge in [0.2, 0.25) is 10.0 Å². The Balaban J connectivity index is 1.35. The fraction of sp³-hybridized carbons (Fsp3) is 0.276. The van der Waals surface area contributed by atoms with Crippen LogP contribution >= 0.6 is 15.9 Å². The number of anilines is 3. The first-order valence-electron chi connectivity index (χ1n) is 12.8. The van der Waals surface area contributed by atoms with Gasteiger partial charge in [0.25, 0.3) is 5.91 Å². The number of benzene rings is 3. The van der Waals surface area contributed by atoms with Crippen molar-refractivity contribution in [1.82, 2.24) is 10.3 Å². The third-order valence-electron chi connectivity index (χ3n) is 7.12. The van der Waals surface area contributed by atoms with E-state index >= 15 is 0 Å². The first-order chi connectivity index (χ1) is 18.5. The number of fused-ring (bicyclic) bond motifs is 1. The lowest BCUT2D eigenvalue weighted by atomic mass is 9.78. The summed E-state index contributed by atoms with van der Waals surface area (Å²) in [5.41, 5.74) is 5.33. The number of piperazine rings is 1. The zero-order chi connectivity index (χ0) is 27.8. The number of aromatic nitrogens is 1. The van der Waals surface area contributed by atoms with Gasteiger partial charge in [0.05, 0.1) is 11.9 Å². The molecule has 0 radical (unpaired) electrons. The molecule has 1 saturated heterocycles. The Hall–Kier alpha value is -3.34. The molecule has 5 rings (SSSR count). The molecule has 0 atom stereocenters. The first-order valence-corrected chi connectivity index (χ1v) is 15.5. The lowest BCUT2D eigenvalue weighted by molar-refractivity contribution is 0.102. The number of nitrogens with zero attached hydrogens (tertiary/aromatic N) is 1. The minimum Gasteiger partial charge on any atom is -0.369 e. The standard InChI is InChI=1S/C29H32BrN5O3S/c1-29(2,20-5-8-25(9-6-20)35-12-10-31-11-13-35)21-15-22(30)17-24(16-21)32-28(36)27-14-19-4-7-23(18-26(19)33-27)34-39(3,37)38/h4-9,14-18,31,33-34H,10-13H2,1-3H3,(H,32,36). The molecular weight excluding hydrogens is 578 g/mol. The molecule has 1 amide bonds. The molecule has 0 spiro atoms. The van der Waals surface area contributed by atoms with Crippen molar-refractivity contribution in [2.24, 2.45) is 0 Å². The maximum absolute atomic E-state index is 13.1. The highest BCUT2D eigenvalue weighted by molar-refractivity contribution is 9.10. The topological polar surface area (TPSA) is 106 Å². The molecule has 3 aromatic carbocycles. The van der Waals surface area contributed by atoms with Crippen LogP contribution in [0, 0.1) is 0 Å². The normalized spacial score (nSPS) is 14.4. The summed E-state index contributed by atoms with van der Waals surface area (Å²) < 4.78 is 26.4. The zero-order valence-electron chi connectivity index (χ0n) is 22.1. The predicted molar refractivity (Wildman–Crippen MR) is 163 cm³/mol. The van der Waals surface area contributed by atoms with Crippen LogP contribution in [0.3, 0.4) is 0 Å². The Kier molecular flexibility index (Phi) is 7.45. The second kappa shape index (κ2) is 10.7. The molecule has 0 saturated carbocycles. The fourth-order valence-electron chi connectivity index (χ4n) is 4.93. The minimum absolute atomic E-state index is 0.286. The number of hydrogen-bond donors (Lipinski definition) is 4. The number of aromatic amines is 1. The van der Waals surface area contributed by atoms with E-state index in [-0.39, 0.29) is 11.3 Å². The molecular formula is C29H32BrN5O3S. The number of carbonyl (C=O) groups excluding carboxylic acids is 1. The average Bonchev–Trinajstić information content (AvgIpc) is 3.32. The van der Waals surface area contributed by atoms with Gasteiger partial charge >= 0.3 is 0 Å². The van der Waals surface area contributed by atoms with Crippen LogP contribution in [0.4, 0.5) is 17.1 Å². The smallest absolute Gasteiger partial charge is 0.272 e. The largest absolute Gasteiger partial charge is 0.369 e. The van der Waals surface area contributed by atoms with Crippen LogP contribution in [0.5, 0.6) is 0 Å². The van der Waals surface area contributed by atoms with Crippen molar-refractivity contribution < 1.29 is 13.2 Å². The average molecular weight is 611 g/mol. The SMILES string of the molecule is CC(C)(c1ccc(N2CCNCC2)cc1)c1cc(Br)cc(NC(=O)c2cc3ccc(NS(C)(=O)=O)cc3[nH]2)c1. The number of carbonyl (C=O) groups is 1. The Labute approximate surface area is 237 Å². The van der Waals surface area contributed by atoms with Crippen LogP contribution < -0.4 is 20.3 Å². The van der Waals surface area contributed by atoms with Gasteiger partial charge in [-0.25, -0.2) is 8.42 Å². The number of amides is 1. The second-order valence-corrected chi connectivity index (χ2v) is 13.1. The number of H-pyrrole nitrogens is 1. The number of halogens is 1. The monoisotopic (exact) mass is 609 g/mol. The highest BCUT2D eigenvalue weighted by Crippen LogP contribution is 2.36. The molecule has 1 aliphatic heterocycles. The summed E-state index contributed by atoms with van der Waals surface area (Å²) in [6, 6.07) is 21.6. The summed E-state index contributed by atoms with van der Waals surface area (Å²) in [4.78, 5) is 18.6. The summed E-state index contributed by atoms with van der Waals surface area (Å²) in [7, 11) is -3.40. The van der Waals surface area contributed by atoms with Crippen LogP contribution in [-0.2, 0) is 15.4 Å². The highest BCUT2D eigenvalue weighted by atomic mass is 79.9. The van der Waals surface area contributed by atoms with Crippen LogP contribution in [-0.4, -0.2) is 51.7 Å². The summed E-state index contributed by atoms with van der Waals surface area (Å²) in [5, 5.41) is 7.20. The highest BCUT2D eigenvalue weighted by Gasteiger charge is 2.25. The van der Waals surface area contributed by atoms with Gasteiger partial charge in [-0.1, -0.05) is 48.0 Å². The van der Waals surface area contributed by atoms with E-state index in [0.29, 0.717) is 22.6 Å². The third kappa shape index (κ3) is 6.29. The van der Waals surface area contributed by atoms with E-state index < -0.39 is 10.0 Å². The van der Waals surface area contributed by atoms with Gasteiger partial charge in [-0.15, -0.1) is 0 Å². The van der Waals surface area contributed by atoms with Gasteiger partial charge in [-0.05, 0) is 59.7 Å². The molecule has 8 nitrogen and oxygen atoms in total. The molecule has 39 heavy (non-hydrogen) atoms. The lowest BCUT2D eigenvalue weighted by Crippen LogP contribution is -2.43. The molecule has 4 N–H and O–H groups in total. The minimum atomic E-state index is -3.40. The maximum Gasteiger partial charge on any atom is 0.272 e. The van der Waals surface area contributed by atoms with Gasteiger partial charge in [0.1, 0.15) is 5.69 Å². The van der Waals surface area contributed by atoms with Crippen LogP contribution in [0.15, 0.2) is 71.2 Å². The lowest BCUT2D eigenvalue weighted by Gasteiger charge is -2.31. The number of hydrogen-bond acceptors (Lipinski definition) is 5. The molecule has 0 unspecified atom stereocenters. The second-order valence-electron chi connectivity index (χ2n) is 10.5. The Morgan fingerprint density at radius 3 is 2.33 bits per heavy atom. The molecule has 1 aromatic heterocycles. The van der Waals surface area contributed by atoms with Crippen LogP contribution in [0.1, 0.15) is 35.5 Å². The molecule has 0 aliphatic carbocycles. The van der Waals surface area contributed by atoms with E-state index in [2.05, 4.69) is 85.3 Å². The van der Waals surface area contributed by atoms with Crippen molar-refractivity contribution in [2.45, 2.75) is 19.3 Å². The van der Waals surface area contributed by atoms with E-state index in [1.54, 1.807) is 24.3 Å². The molecule has 204 valence electrons. The maximum atomic E-state index is 13.1. The van der Waals surface area contributed by atoms with Crippen molar-refractivity contribution in [3.63, 3.8) is 0 Å².